The Morgan fingerprint density at radius 1 is 1.18 bits per heavy atom. The standard InChI is InChI=1S/C26H30FN5O2/c1-14(33)30-18-6-15-4-17(5-16(15)7-18)25(34)31-24-9-20(22(27)12-29-24)21-8-19(11-28)32-13-26(2,3)10-23(21)32/h8-9,12,15-18H,4-7,10,13H2,1-3H3,(H,30,33)(H,29,31,34)/t15-,16?,17?,18?/m0/s1. The van der Waals surface area contributed by atoms with E-state index in [4.69, 9.17) is 0 Å². The van der Waals surface area contributed by atoms with Crippen LogP contribution in [0.1, 0.15) is 57.8 Å². The summed E-state index contributed by atoms with van der Waals surface area (Å²) in [7, 11) is 0. The van der Waals surface area contributed by atoms with E-state index in [1.165, 1.54) is 0 Å². The predicted molar refractivity (Wildman–Crippen MR) is 125 cm³/mol. The van der Waals surface area contributed by atoms with E-state index in [1.54, 1.807) is 19.1 Å². The van der Waals surface area contributed by atoms with Gasteiger partial charge in [0, 0.05) is 42.2 Å². The van der Waals surface area contributed by atoms with Crippen LogP contribution in [0.5, 0.6) is 0 Å². The summed E-state index contributed by atoms with van der Waals surface area (Å²) in [6.45, 7) is 6.52. The van der Waals surface area contributed by atoms with E-state index >= 15 is 0 Å². The number of pyridine rings is 1. The molecule has 2 aromatic rings. The van der Waals surface area contributed by atoms with Crippen molar-refractivity contribution in [1.82, 2.24) is 14.9 Å². The zero-order valence-electron chi connectivity index (χ0n) is 19.8. The Kier molecular flexibility index (Phi) is 5.46. The van der Waals surface area contributed by atoms with E-state index in [0.717, 1.165) is 44.0 Å². The Labute approximate surface area is 198 Å². The highest BCUT2D eigenvalue weighted by Gasteiger charge is 2.44. The van der Waals surface area contributed by atoms with Gasteiger partial charge in [0.25, 0.3) is 0 Å². The zero-order chi connectivity index (χ0) is 24.2. The molecule has 2 aromatic heterocycles. The van der Waals surface area contributed by atoms with E-state index in [0.29, 0.717) is 41.0 Å². The molecular weight excluding hydrogens is 433 g/mol. The minimum Gasteiger partial charge on any atom is -0.354 e. The van der Waals surface area contributed by atoms with Crippen LogP contribution in [0.4, 0.5) is 10.2 Å². The van der Waals surface area contributed by atoms with E-state index in [9.17, 15) is 19.2 Å². The zero-order valence-corrected chi connectivity index (χ0v) is 19.8. The van der Waals surface area contributed by atoms with Crippen molar-refractivity contribution in [2.24, 2.45) is 23.2 Å². The van der Waals surface area contributed by atoms with Gasteiger partial charge in [0.1, 0.15) is 23.4 Å². The number of hydrogen-bond donors (Lipinski definition) is 2. The van der Waals surface area contributed by atoms with Crippen LogP contribution >= 0.6 is 0 Å². The lowest BCUT2D eigenvalue weighted by atomic mass is 9.89. The first-order valence-electron chi connectivity index (χ1n) is 12.0. The molecule has 4 atom stereocenters. The fourth-order valence-electron chi connectivity index (χ4n) is 6.40. The van der Waals surface area contributed by atoms with Crippen molar-refractivity contribution >= 4 is 17.6 Å². The highest BCUT2D eigenvalue weighted by molar-refractivity contribution is 5.92. The van der Waals surface area contributed by atoms with Crippen LogP contribution < -0.4 is 10.6 Å². The van der Waals surface area contributed by atoms with Crippen molar-refractivity contribution in [3.05, 3.63) is 35.5 Å². The highest BCUT2D eigenvalue weighted by atomic mass is 19.1. The molecule has 34 heavy (non-hydrogen) atoms. The predicted octanol–water partition coefficient (Wildman–Crippen LogP) is 4.02. The van der Waals surface area contributed by atoms with Crippen molar-refractivity contribution in [1.29, 1.82) is 5.26 Å². The maximum atomic E-state index is 14.9. The number of nitrogens with one attached hydrogen (secondary N) is 2. The van der Waals surface area contributed by atoms with Gasteiger partial charge in [-0.2, -0.15) is 5.26 Å². The maximum absolute atomic E-state index is 14.9. The van der Waals surface area contributed by atoms with Crippen molar-refractivity contribution in [3.63, 3.8) is 0 Å². The lowest BCUT2D eigenvalue weighted by molar-refractivity contribution is -0.121. The summed E-state index contributed by atoms with van der Waals surface area (Å²) in [6.07, 6.45) is 5.33. The first-order valence-corrected chi connectivity index (χ1v) is 12.0. The summed E-state index contributed by atoms with van der Waals surface area (Å²) in [4.78, 5) is 28.5. The molecule has 2 saturated carbocycles. The number of carbonyl (C=O) groups excluding carboxylic acids is 2. The smallest absolute Gasteiger partial charge is 0.228 e. The van der Waals surface area contributed by atoms with Crippen LogP contribution in [-0.2, 0) is 22.6 Å². The number of fused-ring (bicyclic) bond motifs is 2. The normalized spacial score (nSPS) is 26.6. The molecule has 3 aliphatic rings. The van der Waals surface area contributed by atoms with Gasteiger partial charge in [0.2, 0.25) is 11.8 Å². The Balaban J connectivity index is 1.31. The molecule has 0 bridgehead atoms. The number of amides is 2. The minimum absolute atomic E-state index is 0.00299. The van der Waals surface area contributed by atoms with Gasteiger partial charge < -0.3 is 15.2 Å². The number of aromatic nitrogens is 2. The van der Waals surface area contributed by atoms with Crippen LogP contribution in [0.3, 0.4) is 0 Å². The number of anilines is 1. The van der Waals surface area contributed by atoms with Crippen LogP contribution in [0.15, 0.2) is 18.3 Å². The monoisotopic (exact) mass is 463 g/mol. The fourth-order valence-corrected chi connectivity index (χ4v) is 6.40. The molecule has 1 aliphatic heterocycles. The summed E-state index contributed by atoms with van der Waals surface area (Å²) in [5, 5.41) is 15.5. The number of halogens is 1. The molecule has 5 rings (SSSR count). The van der Waals surface area contributed by atoms with Gasteiger partial charge in [-0.3, -0.25) is 9.59 Å². The topological polar surface area (TPSA) is 99.8 Å². The number of rotatable bonds is 4. The molecule has 3 heterocycles. The molecule has 0 aromatic carbocycles. The van der Waals surface area contributed by atoms with Crippen LogP contribution in [0.2, 0.25) is 0 Å². The molecule has 7 nitrogen and oxygen atoms in total. The number of hydrogen-bond acceptors (Lipinski definition) is 4. The van der Waals surface area contributed by atoms with Crippen LogP contribution in [0, 0.1) is 40.3 Å². The number of nitrogens with zero attached hydrogens (tertiary/aromatic N) is 3. The minimum atomic E-state index is -0.472. The van der Waals surface area contributed by atoms with E-state index in [1.807, 2.05) is 4.57 Å². The SMILES string of the molecule is CC(=O)NC1CC2CC(C(=O)Nc3cc(-c4cc(C#N)n5c4CC(C)(C)C5)c(F)cn3)C[C@H]2C1. The van der Waals surface area contributed by atoms with Crippen LogP contribution in [-0.4, -0.2) is 27.4 Å². The molecule has 2 amide bonds. The Morgan fingerprint density at radius 3 is 2.53 bits per heavy atom. The second kappa shape index (κ2) is 8.23. The molecule has 178 valence electrons. The van der Waals surface area contributed by atoms with E-state index < -0.39 is 5.82 Å². The van der Waals surface area contributed by atoms with Gasteiger partial charge in [0.05, 0.1) is 6.20 Å². The van der Waals surface area contributed by atoms with Gasteiger partial charge in [-0.25, -0.2) is 9.37 Å². The first kappa shape index (κ1) is 22.6. The molecule has 2 fully saturated rings. The molecule has 0 spiro atoms. The number of carbonyl (C=O) groups is 2. The van der Waals surface area contributed by atoms with E-state index in [-0.39, 0.29) is 29.2 Å². The molecule has 0 saturated heterocycles. The second-order valence-electron chi connectivity index (χ2n) is 11.0. The first-order chi connectivity index (χ1) is 16.1. The summed E-state index contributed by atoms with van der Waals surface area (Å²) in [5.74, 6) is 0.550. The Morgan fingerprint density at radius 2 is 1.88 bits per heavy atom. The number of nitriles is 1. The van der Waals surface area contributed by atoms with Crippen molar-refractivity contribution in [2.75, 3.05) is 5.32 Å². The molecule has 3 unspecified atom stereocenters. The van der Waals surface area contributed by atoms with Gasteiger partial charge in [-0.15, -0.1) is 0 Å². The molecule has 2 N–H and O–H groups in total. The summed E-state index contributed by atoms with van der Waals surface area (Å²) < 4.78 is 16.8. The Bertz CT molecular complexity index is 1200. The highest BCUT2D eigenvalue weighted by Crippen LogP contribution is 2.47. The lowest BCUT2D eigenvalue weighted by Gasteiger charge is -2.16. The third-order valence-corrected chi connectivity index (χ3v) is 7.75. The lowest BCUT2D eigenvalue weighted by Crippen LogP contribution is -2.31. The average molecular weight is 464 g/mol. The molecule has 2 aliphatic carbocycles. The Hall–Kier alpha value is -3.21. The quantitative estimate of drug-likeness (QED) is 0.715. The third kappa shape index (κ3) is 4.08. The van der Waals surface area contributed by atoms with Gasteiger partial charge in [-0.1, -0.05) is 13.8 Å². The van der Waals surface area contributed by atoms with Crippen molar-refractivity contribution < 1.29 is 14.0 Å². The van der Waals surface area contributed by atoms with Crippen LogP contribution in [0.25, 0.3) is 11.1 Å². The fraction of sp³-hybridized carbons (Fsp3) is 0.538. The molecular formula is C26H30FN5O2. The van der Waals surface area contributed by atoms with Gasteiger partial charge in [0.15, 0.2) is 0 Å². The third-order valence-electron chi connectivity index (χ3n) is 7.75. The van der Waals surface area contributed by atoms with Gasteiger partial charge in [-0.05, 0) is 61.5 Å². The van der Waals surface area contributed by atoms with Gasteiger partial charge >= 0.3 is 0 Å². The average Bonchev–Trinajstić information content (AvgIpc) is 3.47. The van der Waals surface area contributed by atoms with E-state index in [2.05, 4.69) is 35.5 Å². The molecule has 8 heteroatoms. The summed E-state index contributed by atoms with van der Waals surface area (Å²) in [6, 6.07) is 5.75. The summed E-state index contributed by atoms with van der Waals surface area (Å²) in [5.41, 5.74) is 2.51. The summed E-state index contributed by atoms with van der Waals surface area (Å²) >= 11 is 0. The van der Waals surface area contributed by atoms with Crippen molar-refractivity contribution in [2.45, 2.75) is 65.5 Å². The second-order valence-corrected chi connectivity index (χ2v) is 11.0. The molecule has 0 radical (unpaired) electrons. The van der Waals surface area contributed by atoms with Crippen molar-refractivity contribution in [3.8, 4) is 17.2 Å². The largest absolute Gasteiger partial charge is 0.354 e. The maximum Gasteiger partial charge on any atom is 0.228 e.